The largest absolute Gasteiger partial charge is 0.343 e. The molecule has 0 atom stereocenters. The smallest absolute Gasteiger partial charge is 0.222 e. The number of likely N-dealkylation sites (tertiary alicyclic amines) is 1. The number of hydrogen-bond donors (Lipinski definition) is 0. The van der Waals surface area contributed by atoms with Gasteiger partial charge >= 0.3 is 0 Å². The predicted molar refractivity (Wildman–Crippen MR) is 92.2 cm³/mol. The van der Waals surface area contributed by atoms with Gasteiger partial charge in [-0.25, -0.2) is 4.98 Å². The lowest BCUT2D eigenvalue weighted by atomic mass is 9.95. The molecule has 1 aliphatic heterocycles. The van der Waals surface area contributed by atoms with Crippen LogP contribution in [0.25, 0.3) is 0 Å². The van der Waals surface area contributed by atoms with E-state index in [-0.39, 0.29) is 0 Å². The zero-order valence-corrected chi connectivity index (χ0v) is 14.7. The molecule has 0 N–H and O–H groups in total. The van der Waals surface area contributed by atoms with E-state index >= 15 is 0 Å². The molecule has 0 bridgehead atoms. The zero-order valence-electron chi connectivity index (χ0n) is 14.7. The fraction of sp³-hybridized carbons (Fsp3) is 0.789. The van der Waals surface area contributed by atoms with Gasteiger partial charge < -0.3 is 9.47 Å². The minimum absolute atomic E-state index is 0.404. The molecule has 2 heterocycles. The van der Waals surface area contributed by atoms with Gasteiger partial charge in [0.05, 0.1) is 0 Å². The van der Waals surface area contributed by atoms with Crippen LogP contribution in [0.5, 0.6) is 0 Å². The molecule has 1 amide bonds. The van der Waals surface area contributed by atoms with Crippen molar-refractivity contribution in [3.63, 3.8) is 0 Å². The van der Waals surface area contributed by atoms with Crippen molar-refractivity contribution >= 4 is 5.91 Å². The maximum absolute atomic E-state index is 12.4. The molecule has 0 aromatic carbocycles. The van der Waals surface area contributed by atoms with E-state index in [0.717, 1.165) is 38.9 Å². The summed E-state index contributed by atoms with van der Waals surface area (Å²) in [5, 5.41) is 0. The number of nitrogens with zero attached hydrogens (tertiary/aromatic N) is 3. The van der Waals surface area contributed by atoms with Gasteiger partial charge in [0.2, 0.25) is 5.91 Å². The first-order valence-corrected chi connectivity index (χ1v) is 9.42. The Labute approximate surface area is 140 Å². The van der Waals surface area contributed by atoms with Crippen molar-refractivity contribution in [1.29, 1.82) is 0 Å². The Bertz CT molecular complexity index is 508. The Balaban J connectivity index is 1.46. The average Bonchev–Trinajstić information content (AvgIpc) is 3.19. The Hall–Kier alpha value is -1.32. The van der Waals surface area contributed by atoms with Crippen molar-refractivity contribution in [2.45, 2.75) is 71.3 Å². The van der Waals surface area contributed by atoms with Crippen molar-refractivity contribution in [2.75, 3.05) is 13.1 Å². The standard InChI is InChI=1S/C19H31N3O/c1-15(2)19-20-9-12-22(19)14-17-7-10-21(11-8-17)18(23)13-16-5-3-4-6-16/h9,12,15-17H,3-8,10-11,13-14H2,1-2H3. The van der Waals surface area contributed by atoms with Crippen LogP contribution in [-0.2, 0) is 11.3 Å². The summed E-state index contributed by atoms with van der Waals surface area (Å²) < 4.78 is 2.31. The van der Waals surface area contributed by atoms with Crippen molar-refractivity contribution in [1.82, 2.24) is 14.5 Å². The molecule has 2 fully saturated rings. The first-order valence-electron chi connectivity index (χ1n) is 9.42. The van der Waals surface area contributed by atoms with E-state index in [1.807, 2.05) is 6.20 Å². The van der Waals surface area contributed by atoms with E-state index in [1.165, 1.54) is 31.5 Å². The SMILES string of the molecule is CC(C)c1nccn1CC1CCN(C(=O)CC2CCCC2)CC1. The number of imidazole rings is 1. The van der Waals surface area contributed by atoms with E-state index in [9.17, 15) is 4.79 Å². The molecule has 0 spiro atoms. The van der Waals surface area contributed by atoms with Gasteiger partial charge in [-0.1, -0.05) is 26.7 Å². The Kier molecular flexibility index (Phi) is 5.39. The second-order valence-corrected chi connectivity index (χ2v) is 7.77. The first-order chi connectivity index (χ1) is 11.1. The zero-order chi connectivity index (χ0) is 16.2. The molecular formula is C19H31N3O. The molecule has 1 aliphatic carbocycles. The monoisotopic (exact) mass is 317 g/mol. The average molecular weight is 317 g/mol. The van der Waals surface area contributed by atoms with Crippen LogP contribution in [0.3, 0.4) is 0 Å². The number of carbonyl (C=O) groups excluding carboxylic acids is 1. The van der Waals surface area contributed by atoms with Crippen molar-refractivity contribution in [3.8, 4) is 0 Å². The van der Waals surface area contributed by atoms with Crippen LogP contribution in [0, 0.1) is 11.8 Å². The molecule has 1 saturated carbocycles. The third-order valence-electron chi connectivity index (χ3n) is 5.62. The summed E-state index contributed by atoms with van der Waals surface area (Å²) in [5.41, 5.74) is 0. The van der Waals surface area contributed by atoms with E-state index < -0.39 is 0 Å². The lowest BCUT2D eigenvalue weighted by molar-refractivity contribution is -0.133. The number of amides is 1. The van der Waals surface area contributed by atoms with Crippen molar-refractivity contribution in [2.24, 2.45) is 11.8 Å². The van der Waals surface area contributed by atoms with E-state index in [1.54, 1.807) is 0 Å². The van der Waals surface area contributed by atoms with E-state index in [0.29, 0.717) is 23.7 Å². The quantitative estimate of drug-likeness (QED) is 0.828. The van der Waals surface area contributed by atoms with Crippen molar-refractivity contribution < 1.29 is 4.79 Å². The number of carbonyl (C=O) groups is 1. The first kappa shape index (κ1) is 16.5. The third kappa shape index (κ3) is 4.15. The molecule has 1 aromatic rings. The summed E-state index contributed by atoms with van der Waals surface area (Å²) >= 11 is 0. The summed E-state index contributed by atoms with van der Waals surface area (Å²) in [4.78, 5) is 19.0. The van der Waals surface area contributed by atoms with Crippen LogP contribution >= 0.6 is 0 Å². The number of aromatic nitrogens is 2. The molecule has 2 aliphatic rings. The Morgan fingerprint density at radius 3 is 2.52 bits per heavy atom. The summed E-state index contributed by atoms with van der Waals surface area (Å²) in [6.45, 7) is 7.34. The topological polar surface area (TPSA) is 38.1 Å². The number of rotatable bonds is 5. The number of piperidine rings is 1. The minimum Gasteiger partial charge on any atom is -0.343 e. The fourth-order valence-corrected chi connectivity index (χ4v) is 4.21. The second-order valence-electron chi connectivity index (χ2n) is 7.77. The van der Waals surface area contributed by atoms with Gasteiger partial charge in [0.15, 0.2) is 0 Å². The molecule has 4 nitrogen and oxygen atoms in total. The molecule has 1 aromatic heterocycles. The molecule has 3 rings (SSSR count). The van der Waals surface area contributed by atoms with Crippen LogP contribution in [0.1, 0.15) is 70.5 Å². The Morgan fingerprint density at radius 1 is 1.17 bits per heavy atom. The third-order valence-corrected chi connectivity index (χ3v) is 5.62. The van der Waals surface area contributed by atoms with Gasteiger partial charge in [0, 0.05) is 44.4 Å². The summed E-state index contributed by atoms with van der Waals surface area (Å²) in [6.07, 6.45) is 12.2. The highest BCUT2D eigenvalue weighted by Crippen LogP contribution is 2.29. The van der Waals surface area contributed by atoms with Crippen LogP contribution in [0.15, 0.2) is 12.4 Å². The molecule has 4 heteroatoms. The van der Waals surface area contributed by atoms with Crippen LogP contribution < -0.4 is 0 Å². The highest BCUT2D eigenvalue weighted by atomic mass is 16.2. The normalized spacial score (nSPS) is 20.6. The van der Waals surface area contributed by atoms with E-state index in [4.69, 9.17) is 0 Å². The minimum atomic E-state index is 0.404. The van der Waals surface area contributed by atoms with Gasteiger partial charge in [-0.2, -0.15) is 0 Å². The van der Waals surface area contributed by atoms with Gasteiger partial charge in [-0.05, 0) is 37.5 Å². The summed E-state index contributed by atoms with van der Waals surface area (Å²) in [7, 11) is 0. The van der Waals surface area contributed by atoms with Crippen molar-refractivity contribution in [3.05, 3.63) is 18.2 Å². The lowest BCUT2D eigenvalue weighted by Crippen LogP contribution is -2.40. The van der Waals surface area contributed by atoms with Gasteiger partial charge in [0.1, 0.15) is 5.82 Å². The summed E-state index contributed by atoms with van der Waals surface area (Å²) in [6, 6.07) is 0. The number of hydrogen-bond acceptors (Lipinski definition) is 2. The molecular weight excluding hydrogens is 286 g/mol. The highest BCUT2D eigenvalue weighted by molar-refractivity contribution is 5.76. The van der Waals surface area contributed by atoms with E-state index in [2.05, 4.69) is 34.5 Å². The maximum atomic E-state index is 12.4. The molecule has 1 saturated heterocycles. The summed E-state index contributed by atoms with van der Waals surface area (Å²) in [5.74, 6) is 3.40. The second kappa shape index (κ2) is 7.50. The molecule has 23 heavy (non-hydrogen) atoms. The predicted octanol–water partition coefficient (Wildman–Crippen LogP) is 3.83. The highest BCUT2D eigenvalue weighted by Gasteiger charge is 2.26. The fourth-order valence-electron chi connectivity index (χ4n) is 4.21. The molecule has 0 radical (unpaired) electrons. The molecule has 0 unspecified atom stereocenters. The van der Waals surface area contributed by atoms with Gasteiger partial charge in [-0.3, -0.25) is 4.79 Å². The molecule has 128 valence electrons. The maximum Gasteiger partial charge on any atom is 0.222 e. The Morgan fingerprint density at radius 2 is 1.87 bits per heavy atom. The van der Waals surface area contributed by atoms with Crippen LogP contribution in [0.2, 0.25) is 0 Å². The lowest BCUT2D eigenvalue weighted by Gasteiger charge is -2.33. The van der Waals surface area contributed by atoms with Gasteiger partial charge in [-0.15, -0.1) is 0 Å². The van der Waals surface area contributed by atoms with Crippen LogP contribution in [0.4, 0.5) is 0 Å². The van der Waals surface area contributed by atoms with Gasteiger partial charge in [0.25, 0.3) is 0 Å². The van der Waals surface area contributed by atoms with Crippen LogP contribution in [-0.4, -0.2) is 33.4 Å².